The summed E-state index contributed by atoms with van der Waals surface area (Å²) < 4.78 is 7.55. The third kappa shape index (κ3) is 2.25. The van der Waals surface area contributed by atoms with Gasteiger partial charge in [0.1, 0.15) is 0 Å². The quantitative estimate of drug-likeness (QED) is 0.616. The molecule has 0 unspecified atom stereocenters. The highest BCUT2D eigenvalue weighted by atomic mass is 16.5. The summed E-state index contributed by atoms with van der Waals surface area (Å²) >= 11 is 0. The van der Waals surface area contributed by atoms with E-state index in [0.717, 1.165) is 13.2 Å². The summed E-state index contributed by atoms with van der Waals surface area (Å²) in [6, 6.07) is 0. The van der Waals surface area contributed by atoms with E-state index in [0.29, 0.717) is 0 Å². The number of hydrogen-bond acceptors (Lipinski definition) is 3. The Morgan fingerprint density at radius 3 is 2.87 bits per heavy atom. The second-order valence-corrected chi connectivity index (χ2v) is 4.40. The summed E-state index contributed by atoms with van der Waals surface area (Å²) in [6.07, 6.45) is 2.57. The van der Waals surface area contributed by atoms with Crippen molar-refractivity contribution in [3.8, 4) is 0 Å². The summed E-state index contributed by atoms with van der Waals surface area (Å²) in [5.41, 5.74) is 0. The van der Waals surface area contributed by atoms with Gasteiger partial charge in [0.15, 0.2) is 0 Å². The van der Waals surface area contributed by atoms with Crippen LogP contribution in [0.25, 0.3) is 0 Å². The third-order valence-corrected chi connectivity index (χ3v) is 3.25. The molecule has 0 N–H and O–H groups in total. The number of hydrogen-bond donors (Lipinski definition) is 0. The molecule has 1 saturated heterocycles. The first-order valence-corrected chi connectivity index (χ1v) is 5.90. The van der Waals surface area contributed by atoms with Crippen LogP contribution < -0.4 is 0 Å². The zero-order valence-corrected chi connectivity index (χ0v) is 9.91. The minimum Gasteiger partial charge on any atom is -0.381 e. The molecular formula is C11H22N3O+. The van der Waals surface area contributed by atoms with Crippen LogP contribution >= 0.6 is 0 Å². The highest BCUT2D eigenvalue weighted by Crippen LogP contribution is 2.12. The predicted octanol–water partition coefficient (Wildman–Crippen LogP) is 0.0425. The number of ether oxygens (including phenoxy) is 1. The lowest BCUT2D eigenvalue weighted by molar-refractivity contribution is -0.515. The fourth-order valence-electron chi connectivity index (χ4n) is 2.56. The Morgan fingerprint density at radius 2 is 2.07 bits per heavy atom. The van der Waals surface area contributed by atoms with Gasteiger partial charge in [0, 0.05) is 20.0 Å². The van der Waals surface area contributed by atoms with E-state index in [2.05, 4.69) is 21.4 Å². The Balaban J connectivity index is 2.09. The topological polar surface area (TPSA) is 18.7 Å². The van der Waals surface area contributed by atoms with Crippen LogP contribution in [0.3, 0.4) is 0 Å². The van der Waals surface area contributed by atoms with E-state index in [4.69, 9.17) is 4.74 Å². The molecule has 0 spiro atoms. The molecule has 2 aliphatic rings. The van der Waals surface area contributed by atoms with Crippen LogP contribution in [-0.2, 0) is 4.74 Å². The fraction of sp³-hybridized carbons (Fsp3) is 0.909. The van der Waals surface area contributed by atoms with Gasteiger partial charge < -0.3 is 4.74 Å². The monoisotopic (exact) mass is 212 g/mol. The molecule has 0 aromatic carbocycles. The normalized spacial score (nSPS) is 22.0. The van der Waals surface area contributed by atoms with Gasteiger partial charge in [-0.25, -0.2) is 0 Å². The van der Waals surface area contributed by atoms with Gasteiger partial charge in [-0.3, -0.25) is 14.4 Å². The van der Waals surface area contributed by atoms with Crippen molar-refractivity contribution in [2.45, 2.75) is 12.8 Å². The number of nitrogens with zero attached hydrogens (tertiary/aromatic N) is 3. The fourth-order valence-corrected chi connectivity index (χ4v) is 2.56. The second kappa shape index (κ2) is 4.84. The van der Waals surface area contributed by atoms with E-state index in [1.807, 2.05) is 0 Å². The maximum absolute atomic E-state index is 5.17. The van der Waals surface area contributed by atoms with Crippen LogP contribution in [0.1, 0.15) is 12.8 Å². The SMILES string of the molecule is COCCN1CCCN2CCC[N+](C)=C21. The van der Waals surface area contributed by atoms with Crippen LogP contribution in [0.5, 0.6) is 0 Å². The van der Waals surface area contributed by atoms with E-state index in [1.165, 1.54) is 45.0 Å². The molecule has 0 saturated carbocycles. The highest BCUT2D eigenvalue weighted by molar-refractivity contribution is 5.76. The summed E-state index contributed by atoms with van der Waals surface area (Å²) in [5.74, 6) is 1.42. The Kier molecular flexibility index (Phi) is 3.46. The largest absolute Gasteiger partial charge is 0.381 e. The van der Waals surface area contributed by atoms with Crippen molar-refractivity contribution in [3.63, 3.8) is 0 Å². The molecule has 4 nitrogen and oxygen atoms in total. The number of methoxy groups -OCH3 is 1. The molecule has 0 bridgehead atoms. The van der Waals surface area contributed by atoms with Gasteiger partial charge in [-0.05, 0) is 0 Å². The highest BCUT2D eigenvalue weighted by Gasteiger charge is 2.34. The molecule has 2 heterocycles. The molecule has 0 aliphatic carbocycles. The molecule has 0 aromatic rings. The van der Waals surface area contributed by atoms with Crippen molar-refractivity contribution >= 4 is 5.96 Å². The standard InChI is InChI=1S/C11H22N3O/c1-12-5-3-6-13-7-4-8-14(11(12)13)9-10-15-2/h3-10H2,1-2H3/q+1. The lowest BCUT2D eigenvalue weighted by atomic mass is 10.2. The first-order chi connectivity index (χ1) is 7.33. The predicted molar refractivity (Wildman–Crippen MR) is 60.3 cm³/mol. The Morgan fingerprint density at radius 1 is 1.27 bits per heavy atom. The molecule has 4 heteroatoms. The average molecular weight is 212 g/mol. The molecule has 1 fully saturated rings. The van der Waals surface area contributed by atoms with E-state index < -0.39 is 0 Å². The number of rotatable bonds is 3. The van der Waals surface area contributed by atoms with Gasteiger partial charge in [0.05, 0.1) is 46.4 Å². The molecule has 0 radical (unpaired) electrons. The van der Waals surface area contributed by atoms with Gasteiger partial charge in [0.2, 0.25) is 0 Å². The first-order valence-electron chi connectivity index (χ1n) is 5.90. The first kappa shape index (κ1) is 10.7. The van der Waals surface area contributed by atoms with Gasteiger partial charge in [-0.1, -0.05) is 0 Å². The molecule has 0 atom stereocenters. The lowest BCUT2D eigenvalue weighted by Gasteiger charge is -2.36. The Bertz CT molecular complexity index is 252. The third-order valence-electron chi connectivity index (χ3n) is 3.25. The Hall–Kier alpha value is -0.770. The zero-order chi connectivity index (χ0) is 10.7. The van der Waals surface area contributed by atoms with Crippen LogP contribution in [0.4, 0.5) is 0 Å². The van der Waals surface area contributed by atoms with Gasteiger partial charge in [0.25, 0.3) is 0 Å². The number of fused-ring (bicyclic) bond motifs is 1. The maximum atomic E-state index is 5.17. The summed E-state index contributed by atoms with van der Waals surface area (Å²) in [4.78, 5) is 4.98. The van der Waals surface area contributed by atoms with Crippen LogP contribution in [-0.4, -0.2) is 73.8 Å². The molecule has 2 rings (SSSR count). The van der Waals surface area contributed by atoms with Crippen molar-refractivity contribution in [1.82, 2.24) is 9.80 Å². The van der Waals surface area contributed by atoms with Crippen molar-refractivity contribution in [2.75, 3.05) is 53.5 Å². The average Bonchev–Trinajstić information content (AvgIpc) is 2.26. The smallest absolute Gasteiger partial charge is 0.350 e. The van der Waals surface area contributed by atoms with E-state index in [9.17, 15) is 0 Å². The summed E-state index contributed by atoms with van der Waals surface area (Å²) in [6.45, 7) is 6.67. The molecule has 86 valence electrons. The maximum Gasteiger partial charge on any atom is 0.350 e. The van der Waals surface area contributed by atoms with Crippen molar-refractivity contribution in [1.29, 1.82) is 0 Å². The van der Waals surface area contributed by atoms with Gasteiger partial charge >= 0.3 is 5.96 Å². The van der Waals surface area contributed by atoms with Gasteiger partial charge in [-0.15, -0.1) is 0 Å². The van der Waals surface area contributed by atoms with Crippen LogP contribution in [0.2, 0.25) is 0 Å². The van der Waals surface area contributed by atoms with Crippen LogP contribution in [0.15, 0.2) is 0 Å². The van der Waals surface area contributed by atoms with Crippen LogP contribution in [0, 0.1) is 0 Å². The molecule has 2 aliphatic heterocycles. The molecule has 15 heavy (non-hydrogen) atoms. The van der Waals surface area contributed by atoms with E-state index in [-0.39, 0.29) is 0 Å². The summed E-state index contributed by atoms with van der Waals surface area (Å²) in [7, 11) is 3.98. The Labute approximate surface area is 92.1 Å². The minimum atomic E-state index is 0.825. The second-order valence-electron chi connectivity index (χ2n) is 4.40. The van der Waals surface area contributed by atoms with E-state index >= 15 is 0 Å². The van der Waals surface area contributed by atoms with Gasteiger partial charge in [-0.2, -0.15) is 0 Å². The molecular weight excluding hydrogens is 190 g/mol. The summed E-state index contributed by atoms with van der Waals surface area (Å²) in [5, 5.41) is 0. The van der Waals surface area contributed by atoms with Crippen molar-refractivity contribution in [3.05, 3.63) is 0 Å². The van der Waals surface area contributed by atoms with E-state index in [1.54, 1.807) is 7.11 Å². The molecule has 0 amide bonds. The molecule has 0 aromatic heterocycles. The van der Waals surface area contributed by atoms with Crippen molar-refractivity contribution in [2.24, 2.45) is 0 Å². The minimum absolute atomic E-state index is 0.825. The number of guanidine groups is 1. The lowest BCUT2D eigenvalue weighted by Crippen LogP contribution is -2.57. The van der Waals surface area contributed by atoms with Crippen molar-refractivity contribution < 1.29 is 9.31 Å². The zero-order valence-electron chi connectivity index (χ0n) is 9.91.